The van der Waals surface area contributed by atoms with Crippen LogP contribution in [0.1, 0.15) is 18.4 Å². The van der Waals surface area contributed by atoms with Crippen molar-refractivity contribution in [1.29, 1.82) is 5.26 Å². The minimum absolute atomic E-state index is 0.117. The van der Waals surface area contributed by atoms with Gasteiger partial charge in [0.15, 0.2) is 0 Å². The fraction of sp³-hybridized carbons (Fsp3) is 0.375. The van der Waals surface area contributed by atoms with E-state index in [1.54, 1.807) is 18.2 Å². The number of sulfonamides is 1. The minimum Gasteiger partial charge on any atom is -0.382 e. The van der Waals surface area contributed by atoms with E-state index in [-0.39, 0.29) is 6.04 Å². The zero-order valence-electron chi connectivity index (χ0n) is 13.2. The Morgan fingerprint density at radius 1 is 1.50 bits per heavy atom. The Morgan fingerprint density at radius 3 is 3.00 bits per heavy atom. The van der Waals surface area contributed by atoms with Gasteiger partial charge in [0, 0.05) is 35.7 Å². The molecule has 0 spiro atoms. The van der Waals surface area contributed by atoms with Crippen molar-refractivity contribution in [3.05, 3.63) is 35.0 Å². The number of nitriles is 1. The molecular weight excluding hydrogens is 348 g/mol. The third-order valence-corrected chi connectivity index (χ3v) is 5.78. The van der Waals surface area contributed by atoms with Gasteiger partial charge in [0.25, 0.3) is 0 Å². The van der Waals surface area contributed by atoms with Gasteiger partial charge in [-0.2, -0.15) is 9.57 Å². The van der Waals surface area contributed by atoms with Gasteiger partial charge in [0.2, 0.25) is 10.0 Å². The number of anilines is 1. The first-order valence-electron chi connectivity index (χ1n) is 7.59. The molecule has 1 N–H and O–H groups in total. The van der Waals surface area contributed by atoms with Gasteiger partial charge in [-0.25, -0.2) is 8.42 Å². The molecule has 1 atom stereocenters. The molecule has 8 heteroatoms. The summed E-state index contributed by atoms with van der Waals surface area (Å²) in [5.41, 5.74) is 1.78. The largest absolute Gasteiger partial charge is 0.382 e. The van der Waals surface area contributed by atoms with Crippen molar-refractivity contribution in [3.8, 4) is 6.07 Å². The fourth-order valence-electron chi connectivity index (χ4n) is 3.11. The number of nitrogens with zero attached hydrogens (tertiary/aromatic N) is 3. The molecule has 0 bridgehead atoms. The molecule has 1 aliphatic rings. The SMILES string of the molecule is CS(=O)(=O)N1CCC[C@@H]1CNc1c(C#N)cnc2ccc(Cl)cc12. The summed E-state index contributed by atoms with van der Waals surface area (Å²) >= 11 is 6.07. The first-order valence-corrected chi connectivity index (χ1v) is 9.82. The summed E-state index contributed by atoms with van der Waals surface area (Å²) < 4.78 is 25.2. The molecule has 3 rings (SSSR count). The molecule has 0 radical (unpaired) electrons. The fourth-order valence-corrected chi connectivity index (χ4v) is 4.46. The topological polar surface area (TPSA) is 86.1 Å². The lowest BCUT2D eigenvalue weighted by Gasteiger charge is -2.23. The van der Waals surface area contributed by atoms with Crippen LogP contribution in [-0.4, -0.2) is 43.1 Å². The Labute approximate surface area is 146 Å². The Morgan fingerprint density at radius 2 is 2.29 bits per heavy atom. The van der Waals surface area contributed by atoms with Crippen LogP contribution in [0.15, 0.2) is 24.4 Å². The van der Waals surface area contributed by atoms with Gasteiger partial charge < -0.3 is 5.32 Å². The maximum Gasteiger partial charge on any atom is 0.211 e. The molecule has 24 heavy (non-hydrogen) atoms. The van der Waals surface area contributed by atoms with Crippen LogP contribution in [-0.2, 0) is 10.0 Å². The number of benzene rings is 1. The molecule has 1 aliphatic heterocycles. The number of hydrogen-bond donors (Lipinski definition) is 1. The van der Waals surface area contributed by atoms with Crippen LogP contribution in [0.5, 0.6) is 0 Å². The average Bonchev–Trinajstić information content (AvgIpc) is 3.01. The van der Waals surface area contributed by atoms with Crippen molar-refractivity contribution < 1.29 is 8.42 Å². The molecule has 2 aromatic rings. The summed E-state index contributed by atoms with van der Waals surface area (Å²) in [6.07, 6.45) is 4.38. The van der Waals surface area contributed by atoms with Crippen LogP contribution >= 0.6 is 11.6 Å². The lowest BCUT2D eigenvalue weighted by Crippen LogP contribution is -2.38. The van der Waals surface area contributed by atoms with Gasteiger partial charge in [-0.15, -0.1) is 0 Å². The van der Waals surface area contributed by atoms with Gasteiger partial charge in [0.1, 0.15) is 6.07 Å². The molecule has 6 nitrogen and oxygen atoms in total. The Hall–Kier alpha value is -1.88. The number of halogens is 1. The molecule has 126 valence electrons. The number of rotatable bonds is 4. The van der Waals surface area contributed by atoms with Crippen LogP contribution in [0.3, 0.4) is 0 Å². The van der Waals surface area contributed by atoms with E-state index >= 15 is 0 Å². The minimum atomic E-state index is -3.23. The maximum atomic E-state index is 11.9. The Bertz CT molecular complexity index is 924. The lowest BCUT2D eigenvalue weighted by molar-refractivity contribution is 0.402. The van der Waals surface area contributed by atoms with Crippen molar-refractivity contribution >= 4 is 38.2 Å². The second-order valence-electron chi connectivity index (χ2n) is 5.87. The van der Waals surface area contributed by atoms with Crippen molar-refractivity contribution in [1.82, 2.24) is 9.29 Å². The molecule has 1 saturated heterocycles. The average molecular weight is 365 g/mol. The van der Waals surface area contributed by atoms with Crippen LogP contribution in [0.2, 0.25) is 5.02 Å². The van der Waals surface area contributed by atoms with E-state index in [0.717, 1.165) is 23.7 Å². The molecule has 0 aliphatic carbocycles. The van der Waals surface area contributed by atoms with Gasteiger partial charge in [0.05, 0.1) is 23.0 Å². The number of pyridine rings is 1. The summed E-state index contributed by atoms with van der Waals surface area (Å²) in [7, 11) is -3.23. The predicted molar refractivity (Wildman–Crippen MR) is 94.5 cm³/mol. The normalized spacial score (nSPS) is 18.6. The molecule has 1 aromatic carbocycles. The van der Waals surface area contributed by atoms with Crippen molar-refractivity contribution in [2.45, 2.75) is 18.9 Å². The Balaban J connectivity index is 1.92. The second kappa shape index (κ2) is 6.55. The van der Waals surface area contributed by atoms with E-state index in [1.807, 2.05) is 0 Å². The zero-order chi connectivity index (χ0) is 17.3. The predicted octanol–water partition coefficient (Wildman–Crippen LogP) is 2.60. The van der Waals surface area contributed by atoms with E-state index in [4.69, 9.17) is 11.6 Å². The first kappa shape index (κ1) is 17.0. The summed E-state index contributed by atoms with van der Waals surface area (Å²) in [6.45, 7) is 0.979. The number of hydrogen-bond acceptors (Lipinski definition) is 5. The van der Waals surface area contributed by atoms with Crippen LogP contribution < -0.4 is 5.32 Å². The van der Waals surface area contributed by atoms with E-state index in [2.05, 4.69) is 16.4 Å². The van der Waals surface area contributed by atoms with Gasteiger partial charge in [-0.1, -0.05) is 11.6 Å². The molecule has 1 aromatic heterocycles. The lowest BCUT2D eigenvalue weighted by atomic mass is 10.1. The highest BCUT2D eigenvalue weighted by Crippen LogP contribution is 2.29. The summed E-state index contributed by atoms with van der Waals surface area (Å²) in [5.74, 6) is 0. The molecule has 2 heterocycles. The number of nitrogens with one attached hydrogen (secondary N) is 1. The zero-order valence-corrected chi connectivity index (χ0v) is 14.7. The standard InChI is InChI=1S/C16H17ClN4O2S/c1-24(22,23)21-6-2-3-13(21)10-20-16-11(8-18)9-19-15-5-4-12(17)7-14(15)16/h4-5,7,9,13H,2-3,6,10H2,1H3,(H,19,20)/t13-/m1/s1. The summed E-state index contributed by atoms with van der Waals surface area (Å²) in [5, 5.41) is 13.9. The second-order valence-corrected chi connectivity index (χ2v) is 8.24. The third-order valence-electron chi connectivity index (χ3n) is 4.21. The first-order chi connectivity index (χ1) is 11.4. The van der Waals surface area contributed by atoms with Gasteiger partial charge in [-0.3, -0.25) is 4.98 Å². The van der Waals surface area contributed by atoms with Crippen LogP contribution in [0, 0.1) is 11.3 Å². The van der Waals surface area contributed by atoms with Crippen molar-refractivity contribution in [2.24, 2.45) is 0 Å². The molecule has 0 amide bonds. The van der Waals surface area contributed by atoms with Gasteiger partial charge >= 0.3 is 0 Å². The highest BCUT2D eigenvalue weighted by atomic mass is 35.5. The van der Waals surface area contributed by atoms with Crippen LogP contribution in [0.25, 0.3) is 10.9 Å². The smallest absolute Gasteiger partial charge is 0.211 e. The molecule has 0 unspecified atom stereocenters. The van der Waals surface area contributed by atoms with E-state index < -0.39 is 10.0 Å². The Kier molecular flexibility index (Phi) is 4.63. The monoisotopic (exact) mass is 364 g/mol. The van der Waals surface area contributed by atoms with E-state index in [0.29, 0.717) is 29.4 Å². The highest BCUT2D eigenvalue weighted by molar-refractivity contribution is 7.88. The quantitative estimate of drug-likeness (QED) is 0.901. The van der Waals surface area contributed by atoms with E-state index in [1.165, 1.54) is 16.8 Å². The molecule has 0 saturated carbocycles. The maximum absolute atomic E-state index is 11.9. The molecular formula is C16H17ClN4O2S. The van der Waals surface area contributed by atoms with E-state index in [9.17, 15) is 13.7 Å². The summed E-state index contributed by atoms with van der Waals surface area (Å²) in [6, 6.07) is 7.31. The van der Waals surface area contributed by atoms with Crippen molar-refractivity contribution in [3.63, 3.8) is 0 Å². The van der Waals surface area contributed by atoms with Crippen LogP contribution in [0.4, 0.5) is 5.69 Å². The molecule has 1 fully saturated rings. The summed E-state index contributed by atoms with van der Waals surface area (Å²) in [4.78, 5) is 4.26. The van der Waals surface area contributed by atoms with Gasteiger partial charge in [-0.05, 0) is 31.0 Å². The highest BCUT2D eigenvalue weighted by Gasteiger charge is 2.31. The van der Waals surface area contributed by atoms with Crippen molar-refractivity contribution in [2.75, 3.05) is 24.7 Å². The third kappa shape index (κ3) is 3.31. The number of aromatic nitrogens is 1. The number of fused-ring (bicyclic) bond motifs is 1.